The van der Waals surface area contributed by atoms with Crippen LogP contribution in [0, 0.1) is 17.5 Å². The molecule has 0 saturated heterocycles. The van der Waals surface area contributed by atoms with E-state index in [9.17, 15) is 18.3 Å². The minimum atomic E-state index is -1.35. The highest BCUT2D eigenvalue weighted by Crippen LogP contribution is 2.28. The third-order valence-electron chi connectivity index (χ3n) is 2.54. The van der Waals surface area contributed by atoms with Crippen LogP contribution in [0.4, 0.5) is 13.2 Å². The van der Waals surface area contributed by atoms with Crippen molar-refractivity contribution in [2.24, 2.45) is 0 Å². The maximum absolute atomic E-state index is 13.5. The van der Waals surface area contributed by atoms with Crippen LogP contribution in [0.2, 0.25) is 0 Å². The number of rotatable bonds is 2. The topological polar surface area (TPSA) is 20.2 Å². The van der Waals surface area contributed by atoms with Gasteiger partial charge in [-0.1, -0.05) is 18.2 Å². The van der Waals surface area contributed by atoms with Crippen LogP contribution in [-0.2, 0) is 0 Å². The van der Waals surface area contributed by atoms with Crippen molar-refractivity contribution < 1.29 is 18.3 Å². The summed E-state index contributed by atoms with van der Waals surface area (Å²) in [6, 6.07) is 7.32. The first-order valence-corrected chi connectivity index (χ1v) is 5.87. The molecular formula is C13H8BrF3O. The fraction of sp³-hybridized carbons (Fsp3) is 0.0769. The second kappa shape index (κ2) is 5.12. The lowest BCUT2D eigenvalue weighted by molar-refractivity contribution is 0.213. The molecule has 0 fully saturated rings. The monoisotopic (exact) mass is 316 g/mol. The summed E-state index contributed by atoms with van der Waals surface area (Å²) in [5.41, 5.74) is 0.0845. The molecule has 0 aliphatic rings. The van der Waals surface area contributed by atoms with E-state index in [0.29, 0.717) is 0 Å². The molecule has 2 aromatic rings. The Morgan fingerprint density at radius 2 is 1.72 bits per heavy atom. The van der Waals surface area contributed by atoms with Crippen molar-refractivity contribution in [2.75, 3.05) is 0 Å². The summed E-state index contributed by atoms with van der Waals surface area (Å²) in [6.45, 7) is 0. The second-order valence-corrected chi connectivity index (χ2v) is 4.57. The predicted octanol–water partition coefficient (Wildman–Crippen LogP) is 3.95. The van der Waals surface area contributed by atoms with E-state index in [4.69, 9.17) is 0 Å². The Balaban J connectivity index is 2.44. The average molecular weight is 317 g/mol. The fourth-order valence-corrected chi connectivity index (χ4v) is 1.99. The molecule has 0 bridgehead atoms. The van der Waals surface area contributed by atoms with Crippen LogP contribution in [0.3, 0.4) is 0 Å². The molecule has 0 aliphatic heterocycles. The van der Waals surface area contributed by atoms with Gasteiger partial charge in [0.1, 0.15) is 11.9 Å². The van der Waals surface area contributed by atoms with Crippen molar-refractivity contribution in [1.82, 2.24) is 0 Å². The SMILES string of the molecule is OC(c1ccc(F)c(Br)c1)c1cccc(F)c1F. The van der Waals surface area contributed by atoms with Gasteiger partial charge in [-0.05, 0) is 39.7 Å². The van der Waals surface area contributed by atoms with E-state index in [2.05, 4.69) is 15.9 Å². The zero-order chi connectivity index (χ0) is 13.3. The van der Waals surface area contributed by atoms with Crippen molar-refractivity contribution >= 4 is 15.9 Å². The predicted molar refractivity (Wildman–Crippen MR) is 64.5 cm³/mol. The Morgan fingerprint density at radius 3 is 2.39 bits per heavy atom. The van der Waals surface area contributed by atoms with Crippen LogP contribution in [0.5, 0.6) is 0 Å². The van der Waals surface area contributed by atoms with Gasteiger partial charge in [-0.3, -0.25) is 0 Å². The van der Waals surface area contributed by atoms with E-state index >= 15 is 0 Å². The quantitative estimate of drug-likeness (QED) is 0.889. The highest BCUT2D eigenvalue weighted by atomic mass is 79.9. The summed E-state index contributed by atoms with van der Waals surface area (Å²) in [5, 5.41) is 9.96. The van der Waals surface area contributed by atoms with E-state index in [0.717, 1.165) is 12.1 Å². The van der Waals surface area contributed by atoms with Gasteiger partial charge in [0.05, 0.1) is 4.47 Å². The van der Waals surface area contributed by atoms with Crippen molar-refractivity contribution in [1.29, 1.82) is 0 Å². The average Bonchev–Trinajstić information content (AvgIpc) is 2.35. The van der Waals surface area contributed by atoms with Crippen molar-refractivity contribution in [3.05, 3.63) is 69.4 Å². The van der Waals surface area contributed by atoms with Gasteiger partial charge in [0.15, 0.2) is 11.6 Å². The molecule has 0 heterocycles. The molecule has 2 rings (SSSR count). The Bertz CT molecular complexity index is 586. The standard InChI is InChI=1S/C13H8BrF3O/c14-9-6-7(4-5-10(9)15)13(18)8-2-1-3-11(16)12(8)17/h1-6,13,18H. The molecule has 94 valence electrons. The van der Waals surface area contributed by atoms with Crippen molar-refractivity contribution in [3.8, 4) is 0 Å². The maximum atomic E-state index is 13.5. The first-order valence-electron chi connectivity index (χ1n) is 5.07. The lowest BCUT2D eigenvalue weighted by Gasteiger charge is -2.13. The van der Waals surface area contributed by atoms with Gasteiger partial charge in [-0.2, -0.15) is 0 Å². The lowest BCUT2D eigenvalue weighted by atomic mass is 10.0. The smallest absolute Gasteiger partial charge is 0.164 e. The molecule has 1 unspecified atom stereocenters. The van der Waals surface area contributed by atoms with Crippen LogP contribution in [0.15, 0.2) is 40.9 Å². The number of hydrogen-bond donors (Lipinski definition) is 1. The fourth-order valence-electron chi connectivity index (χ4n) is 1.59. The summed E-state index contributed by atoms with van der Waals surface area (Å²) < 4.78 is 39.7. The van der Waals surface area contributed by atoms with E-state index in [-0.39, 0.29) is 15.6 Å². The first-order chi connectivity index (χ1) is 8.50. The third-order valence-corrected chi connectivity index (χ3v) is 3.14. The molecular weight excluding hydrogens is 309 g/mol. The van der Waals surface area contributed by atoms with E-state index in [1.54, 1.807) is 0 Å². The molecule has 0 aliphatic carbocycles. The minimum absolute atomic E-state index is 0.149. The van der Waals surface area contributed by atoms with Gasteiger partial charge < -0.3 is 5.11 Å². The van der Waals surface area contributed by atoms with Gasteiger partial charge in [0.25, 0.3) is 0 Å². The van der Waals surface area contributed by atoms with E-state index in [1.165, 1.54) is 24.3 Å². The lowest BCUT2D eigenvalue weighted by Crippen LogP contribution is -2.04. The molecule has 0 aromatic heterocycles. The summed E-state index contributed by atoms with van der Waals surface area (Å²) >= 11 is 2.97. The van der Waals surface area contributed by atoms with E-state index in [1.807, 2.05) is 0 Å². The minimum Gasteiger partial charge on any atom is -0.384 e. The number of hydrogen-bond acceptors (Lipinski definition) is 1. The summed E-state index contributed by atoms with van der Waals surface area (Å²) in [5.74, 6) is -2.64. The van der Waals surface area contributed by atoms with Crippen LogP contribution in [0.1, 0.15) is 17.2 Å². The Labute approximate surface area is 110 Å². The molecule has 1 N–H and O–H groups in total. The molecule has 0 radical (unpaired) electrons. The molecule has 0 spiro atoms. The number of halogens is 4. The summed E-state index contributed by atoms with van der Waals surface area (Å²) in [7, 11) is 0. The molecule has 0 saturated carbocycles. The zero-order valence-electron chi connectivity index (χ0n) is 9.00. The normalized spacial score (nSPS) is 12.5. The van der Waals surface area contributed by atoms with Gasteiger partial charge >= 0.3 is 0 Å². The van der Waals surface area contributed by atoms with E-state index < -0.39 is 23.6 Å². The molecule has 18 heavy (non-hydrogen) atoms. The number of aliphatic hydroxyl groups excluding tert-OH is 1. The molecule has 0 amide bonds. The summed E-state index contributed by atoms with van der Waals surface area (Å²) in [4.78, 5) is 0. The number of aliphatic hydroxyl groups is 1. The molecule has 1 nitrogen and oxygen atoms in total. The highest BCUT2D eigenvalue weighted by Gasteiger charge is 2.18. The first kappa shape index (κ1) is 13.1. The number of benzene rings is 2. The molecule has 5 heteroatoms. The third kappa shape index (κ3) is 2.42. The molecule has 1 atom stereocenters. The Hall–Kier alpha value is -1.33. The van der Waals surface area contributed by atoms with Crippen LogP contribution in [-0.4, -0.2) is 5.11 Å². The highest BCUT2D eigenvalue weighted by molar-refractivity contribution is 9.10. The van der Waals surface area contributed by atoms with Crippen LogP contribution >= 0.6 is 15.9 Å². The Kier molecular flexibility index (Phi) is 3.73. The zero-order valence-corrected chi connectivity index (χ0v) is 10.6. The van der Waals surface area contributed by atoms with Crippen LogP contribution in [0.25, 0.3) is 0 Å². The largest absolute Gasteiger partial charge is 0.384 e. The van der Waals surface area contributed by atoms with Gasteiger partial charge in [0, 0.05) is 5.56 Å². The van der Waals surface area contributed by atoms with Crippen molar-refractivity contribution in [3.63, 3.8) is 0 Å². The van der Waals surface area contributed by atoms with Gasteiger partial charge in [0.2, 0.25) is 0 Å². The molecule has 2 aromatic carbocycles. The second-order valence-electron chi connectivity index (χ2n) is 3.72. The maximum Gasteiger partial charge on any atom is 0.164 e. The van der Waals surface area contributed by atoms with Crippen LogP contribution < -0.4 is 0 Å². The Morgan fingerprint density at radius 1 is 1.00 bits per heavy atom. The van der Waals surface area contributed by atoms with Gasteiger partial charge in [-0.15, -0.1) is 0 Å². The summed E-state index contributed by atoms with van der Waals surface area (Å²) in [6.07, 6.45) is -1.35. The van der Waals surface area contributed by atoms with Gasteiger partial charge in [-0.25, -0.2) is 13.2 Å². The van der Waals surface area contributed by atoms with Crippen molar-refractivity contribution in [2.45, 2.75) is 6.10 Å².